The van der Waals surface area contributed by atoms with Gasteiger partial charge in [0.25, 0.3) is 5.91 Å². The van der Waals surface area contributed by atoms with Gasteiger partial charge in [0.1, 0.15) is 17.4 Å². The van der Waals surface area contributed by atoms with Crippen LogP contribution in [0.4, 0.5) is 5.69 Å². The standard InChI is InChI=1S/C31H25N3O6/c1-37-26-15-20(10-14-25(26)39-17-27(35)34-21-11-7-19(8-12-21)31(36)38-2)28-23-13-9-18-5-3-4-6-22(18)29(23)40-30(33)24(28)16-32/h3-15,28H,17,33H2,1-2H3,(H,34,35)/t28-/m1/s1. The van der Waals surface area contributed by atoms with Crippen LogP contribution in [0.25, 0.3) is 10.8 Å². The summed E-state index contributed by atoms with van der Waals surface area (Å²) in [5.74, 6) is 0.0415. The summed E-state index contributed by atoms with van der Waals surface area (Å²) < 4.78 is 21.9. The van der Waals surface area contributed by atoms with Crippen molar-refractivity contribution in [3.05, 3.63) is 107 Å². The van der Waals surface area contributed by atoms with Crippen molar-refractivity contribution < 1.29 is 28.5 Å². The summed E-state index contributed by atoms with van der Waals surface area (Å²) in [6.07, 6.45) is 0. The molecule has 1 atom stereocenters. The van der Waals surface area contributed by atoms with E-state index >= 15 is 0 Å². The second-order valence-corrected chi connectivity index (χ2v) is 8.95. The molecular weight excluding hydrogens is 510 g/mol. The Kier molecular flexibility index (Phi) is 7.25. The number of fused-ring (bicyclic) bond motifs is 3. The number of hydrogen-bond acceptors (Lipinski definition) is 8. The third-order valence-corrected chi connectivity index (χ3v) is 6.58. The van der Waals surface area contributed by atoms with E-state index in [9.17, 15) is 14.9 Å². The zero-order valence-electron chi connectivity index (χ0n) is 21.8. The zero-order chi connectivity index (χ0) is 28.2. The van der Waals surface area contributed by atoms with Crippen LogP contribution in [0.1, 0.15) is 27.4 Å². The predicted octanol–water partition coefficient (Wildman–Crippen LogP) is 4.87. The largest absolute Gasteiger partial charge is 0.493 e. The lowest BCUT2D eigenvalue weighted by Gasteiger charge is -2.28. The van der Waals surface area contributed by atoms with E-state index in [-0.39, 0.29) is 18.1 Å². The minimum Gasteiger partial charge on any atom is -0.493 e. The van der Waals surface area contributed by atoms with Gasteiger partial charge in [0.15, 0.2) is 18.1 Å². The highest BCUT2D eigenvalue weighted by Crippen LogP contribution is 2.46. The van der Waals surface area contributed by atoms with Crippen molar-refractivity contribution in [1.29, 1.82) is 5.26 Å². The van der Waals surface area contributed by atoms with Gasteiger partial charge in [-0.2, -0.15) is 5.26 Å². The molecule has 0 bridgehead atoms. The van der Waals surface area contributed by atoms with Gasteiger partial charge >= 0.3 is 5.97 Å². The topological polar surface area (TPSA) is 133 Å². The molecule has 1 aliphatic rings. The number of benzene rings is 4. The quantitative estimate of drug-likeness (QED) is 0.320. The average molecular weight is 536 g/mol. The van der Waals surface area contributed by atoms with Gasteiger partial charge in [0.05, 0.1) is 25.7 Å². The van der Waals surface area contributed by atoms with Gasteiger partial charge in [-0.05, 0) is 47.3 Å². The molecule has 4 aromatic rings. The number of esters is 1. The van der Waals surface area contributed by atoms with Crippen LogP contribution in [0.5, 0.6) is 17.2 Å². The van der Waals surface area contributed by atoms with Crippen molar-refractivity contribution in [2.24, 2.45) is 5.73 Å². The number of nitriles is 1. The second-order valence-electron chi connectivity index (χ2n) is 8.95. The van der Waals surface area contributed by atoms with Crippen LogP contribution in [0.3, 0.4) is 0 Å². The van der Waals surface area contributed by atoms with E-state index in [1.807, 2.05) is 36.4 Å². The molecule has 3 N–H and O–H groups in total. The van der Waals surface area contributed by atoms with Crippen molar-refractivity contribution in [1.82, 2.24) is 0 Å². The first-order valence-electron chi connectivity index (χ1n) is 12.3. The minimum atomic E-state index is -0.488. The number of methoxy groups -OCH3 is 2. The molecule has 9 nitrogen and oxygen atoms in total. The molecule has 1 amide bonds. The maximum atomic E-state index is 12.5. The van der Waals surface area contributed by atoms with Crippen molar-refractivity contribution in [2.45, 2.75) is 5.92 Å². The molecular formula is C31H25N3O6. The Bertz CT molecular complexity index is 1690. The van der Waals surface area contributed by atoms with Crippen LogP contribution in [0.2, 0.25) is 0 Å². The lowest BCUT2D eigenvalue weighted by molar-refractivity contribution is -0.118. The van der Waals surface area contributed by atoms with Gasteiger partial charge in [-0.25, -0.2) is 4.79 Å². The molecule has 1 aliphatic heterocycles. The molecule has 0 unspecified atom stereocenters. The van der Waals surface area contributed by atoms with Gasteiger partial charge in [-0.3, -0.25) is 4.79 Å². The lowest BCUT2D eigenvalue weighted by atomic mass is 9.82. The molecule has 9 heteroatoms. The van der Waals surface area contributed by atoms with Crippen LogP contribution in [-0.2, 0) is 9.53 Å². The fourth-order valence-corrected chi connectivity index (χ4v) is 4.66. The fraction of sp³-hybridized carbons (Fsp3) is 0.129. The molecule has 4 aromatic carbocycles. The Morgan fingerprint density at radius 3 is 2.50 bits per heavy atom. The number of nitrogens with two attached hydrogens (primary N) is 1. The molecule has 0 radical (unpaired) electrons. The fourth-order valence-electron chi connectivity index (χ4n) is 4.66. The molecule has 0 aliphatic carbocycles. The number of allylic oxidation sites excluding steroid dienone is 1. The Balaban J connectivity index is 1.37. The summed E-state index contributed by atoms with van der Waals surface area (Å²) in [5, 5.41) is 14.5. The Morgan fingerprint density at radius 2 is 1.77 bits per heavy atom. The summed E-state index contributed by atoms with van der Waals surface area (Å²) in [7, 11) is 2.80. The number of nitrogens with zero attached hydrogens (tertiary/aromatic N) is 1. The number of anilines is 1. The summed E-state index contributed by atoms with van der Waals surface area (Å²) in [6, 6.07) is 25.5. The van der Waals surface area contributed by atoms with E-state index in [2.05, 4.69) is 16.1 Å². The first-order chi connectivity index (χ1) is 19.4. The molecule has 200 valence electrons. The summed E-state index contributed by atoms with van der Waals surface area (Å²) in [4.78, 5) is 24.1. The SMILES string of the molecule is COC(=O)c1ccc(NC(=O)COc2ccc([C@H]3C(C#N)=C(N)Oc4c3ccc3ccccc43)cc2OC)cc1. The smallest absolute Gasteiger partial charge is 0.337 e. The number of rotatable bonds is 7. The molecule has 0 saturated heterocycles. The van der Waals surface area contributed by atoms with Crippen molar-refractivity contribution in [3.63, 3.8) is 0 Å². The Labute approximate surface area is 230 Å². The molecule has 1 heterocycles. The highest BCUT2D eigenvalue weighted by atomic mass is 16.5. The van der Waals surface area contributed by atoms with Crippen LogP contribution in [0, 0.1) is 11.3 Å². The summed E-state index contributed by atoms with van der Waals surface area (Å²) in [5.41, 5.74) is 8.93. The van der Waals surface area contributed by atoms with Gasteiger partial charge in [0, 0.05) is 16.6 Å². The van der Waals surface area contributed by atoms with E-state index < -0.39 is 17.8 Å². The monoisotopic (exact) mass is 535 g/mol. The van der Waals surface area contributed by atoms with Crippen LogP contribution in [0.15, 0.2) is 90.3 Å². The van der Waals surface area contributed by atoms with Gasteiger partial charge in [-0.1, -0.05) is 42.5 Å². The van der Waals surface area contributed by atoms with E-state index in [4.69, 9.17) is 19.9 Å². The van der Waals surface area contributed by atoms with E-state index in [0.717, 1.165) is 21.9 Å². The van der Waals surface area contributed by atoms with Crippen molar-refractivity contribution in [2.75, 3.05) is 26.1 Å². The Morgan fingerprint density at radius 1 is 1.00 bits per heavy atom. The van der Waals surface area contributed by atoms with Crippen LogP contribution < -0.4 is 25.3 Å². The van der Waals surface area contributed by atoms with E-state index in [1.54, 1.807) is 42.5 Å². The molecule has 0 aromatic heterocycles. The predicted molar refractivity (Wildman–Crippen MR) is 148 cm³/mol. The zero-order valence-corrected chi connectivity index (χ0v) is 21.8. The summed E-state index contributed by atoms with van der Waals surface area (Å²) >= 11 is 0. The maximum absolute atomic E-state index is 12.5. The number of hydrogen-bond donors (Lipinski definition) is 2. The number of ether oxygens (including phenoxy) is 4. The average Bonchev–Trinajstić information content (AvgIpc) is 2.99. The van der Waals surface area contributed by atoms with Crippen molar-refractivity contribution in [3.8, 4) is 23.3 Å². The highest BCUT2D eigenvalue weighted by Gasteiger charge is 2.32. The molecule has 0 saturated carbocycles. The van der Waals surface area contributed by atoms with Crippen LogP contribution >= 0.6 is 0 Å². The number of nitrogens with one attached hydrogen (secondary N) is 1. The summed E-state index contributed by atoms with van der Waals surface area (Å²) in [6.45, 7) is -0.281. The maximum Gasteiger partial charge on any atom is 0.337 e. The van der Waals surface area contributed by atoms with Gasteiger partial charge in [0.2, 0.25) is 5.88 Å². The number of carbonyl (C=O) groups excluding carboxylic acids is 2. The molecule has 0 spiro atoms. The first kappa shape index (κ1) is 26.1. The minimum absolute atomic E-state index is 0.0481. The number of amides is 1. The Hall–Kier alpha value is -5.49. The van der Waals surface area contributed by atoms with Crippen molar-refractivity contribution >= 4 is 28.3 Å². The van der Waals surface area contributed by atoms with Gasteiger partial charge < -0.3 is 30.0 Å². The third kappa shape index (κ3) is 4.98. The second kappa shape index (κ2) is 11.1. The number of carbonyl (C=O) groups is 2. The lowest BCUT2D eigenvalue weighted by Crippen LogP contribution is -2.21. The first-order valence-corrected chi connectivity index (χ1v) is 12.3. The normalized spacial score (nSPS) is 14.0. The van der Waals surface area contributed by atoms with E-state index in [0.29, 0.717) is 28.5 Å². The van der Waals surface area contributed by atoms with Gasteiger partial charge in [-0.15, -0.1) is 0 Å². The third-order valence-electron chi connectivity index (χ3n) is 6.58. The molecule has 40 heavy (non-hydrogen) atoms. The molecule has 0 fully saturated rings. The molecule has 5 rings (SSSR count). The van der Waals surface area contributed by atoms with E-state index in [1.165, 1.54) is 14.2 Å². The highest BCUT2D eigenvalue weighted by molar-refractivity contribution is 5.94. The van der Waals surface area contributed by atoms with Crippen LogP contribution in [-0.4, -0.2) is 32.7 Å².